The van der Waals surface area contributed by atoms with Crippen molar-refractivity contribution in [3.05, 3.63) is 81.4 Å². The lowest BCUT2D eigenvalue weighted by Crippen LogP contribution is -2.29. The number of nitrogen functional groups attached to an aromatic ring is 1. The summed E-state index contributed by atoms with van der Waals surface area (Å²) in [4.78, 5) is 28.2. The van der Waals surface area contributed by atoms with Crippen LogP contribution in [0.25, 0.3) is 9.69 Å². The summed E-state index contributed by atoms with van der Waals surface area (Å²) in [5, 5.41) is 18.6. The van der Waals surface area contributed by atoms with Crippen LogP contribution in [0, 0.1) is 19.1 Å². The molecule has 0 radical (unpaired) electrons. The average molecular weight is 415 g/mol. The number of benzene rings is 2. The lowest BCUT2D eigenvalue weighted by Gasteiger charge is -2.15. The molecule has 0 unspecified atom stereocenters. The van der Waals surface area contributed by atoms with Crippen LogP contribution in [0.5, 0.6) is 0 Å². The molecule has 5 N–H and O–H groups in total. The van der Waals surface area contributed by atoms with Gasteiger partial charge in [-0.3, -0.25) is 15.0 Å². The Bertz CT molecular complexity index is 946. The van der Waals surface area contributed by atoms with E-state index in [-0.39, 0.29) is 12.3 Å². The molecule has 0 aromatic heterocycles. The predicted molar refractivity (Wildman–Crippen MR) is 109 cm³/mol. The molecule has 0 bridgehead atoms. The Balaban J connectivity index is 0.000000308. The molecule has 8 nitrogen and oxygen atoms in total. The number of hydrogen-bond donors (Lipinski definition) is 4. The van der Waals surface area contributed by atoms with Gasteiger partial charge in [0, 0.05) is 10.6 Å². The standard InChI is InChI=1S/C12H12ClNO3.C8H7N3O/c1-7(15)9(12(16)17)5-8-3-4-11(14-2)10(13)6-8;1-10-7-4-2-6(3-5-7)8(12)11-9/h3-4,6-7,9,15H,5H2,1H3,(H,16,17);2-5H,9H2,(H,11,12)/t7-,9+;/m0./s1. The highest BCUT2D eigenvalue weighted by atomic mass is 35.5. The molecule has 0 spiro atoms. The number of carboxylic acid groups (broad SMARTS) is 1. The first-order valence-electron chi connectivity index (χ1n) is 8.28. The highest BCUT2D eigenvalue weighted by Gasteiger charge is 2.23. The number of halogens is 1. The fraction of sp³-hybridized carbons (Fsp3) is 0.200. The van der Waals surface area contributed by atoms with Crippen molar-refractivity contribution in [1.82, 2.24) is 5.43 Å². The molecule has 2 aromatic carbocycles. The third-order valence-corrected chi connectivity index (χ3v) is 4.18. The van der Waals surface area contributed by atoms with Gasteiger partial charge in [0.25, 0.3) is 5.91 Å². The number of aliphatic hydroxyl groups is 1. The Morgan fingerprint density at radius 3 is 2.21 bits per heavy atom. The van der Waals surface area contributed by atoms with Gasteiger partial charge in [-0.1, -0.05) is 54.1 Å². The molecule has 2 rings (SSSR count). The third-order valence-electron chi connectivity index (χ3n) is 3.88. The Labute approximate surface area is 173 Å². The van der Waals surface area contributed by atoms with Gasteiger partial charge in [-0.15, -0.1) is 0 Å². The molecule has 2 aromatic rings. The van der Waals surface area contributed by atoms with Crippen LogP contribution in [0.15, 0.2) is 42.5 Å². The number of amides is 1. The summed E-state index contributed by atoms with van der Waals surface area (Å²) in [5.41, 5.74) is 3.98. The molecule has 0 saturated carbocycles. The number of carbonyl (C=O) groups is 2. The number of nitrogens with zero attached hydrogens (tertiary/aromatic N) is 2. The normalized spacial score (nSPS) is 11.7. The van der Waals surface area contributed by atoms with Crippen molar-refractivity contribution in [2.45, 2.75) is 19.4 Å². The number of aliphatic hydroxyl groups excluding tert-OH is 1. The van der Waals surface area contributed by atoms with Crippen LogP contribution < -0.4 is 11.3 Å². The van der Waals surface area contributed by atoms with E-state index in [0.717, 1.165) is 0 Å². The van der Waals surface area contributed by atoms with Crippen molar-refractivity contribution >= 4 is 34.9 Å². The summed E-state index contributed by atoms with van der Waals surface area (Å²) in [6, 6.07) is 11.0. The maximum Gasteiger partial charge on any atom is 0.309 e. The largest absolute Gasteiger partial charge is 0.481 e. The summed E-state index contributed by atoms with van der Waals surface area (Å²) in [6.45, 7) is 14.9. The minimum atomic E-state index is -1.05. The zero-order chi connectivity index (χ0) is 22.0. The van der Waals surface area contributed by atoms with Gasteiger partial charge in [0.15, 0.2) is 5.69 Å². The highest BCUT2D eigenvalue weighted by Crippen LogP contribution is 2.27. The monoisotopic (exact) mass is 414 g/mol. The van der Waals surface area contributed by atoms with Crippen molar-refractivity contribution < 1.29 is 19.8 Å². The van der Waals surface area contributed by atoms with Gasteiger partial charge in [-0.2, -0.15) is 0 Å². The van der Waals surface area contributed by atoms with E-state index < -0.39 is 18.0 Å². The minimum absolute atomic E-state index is 0.186. The molecule has 29 heavy (non-hydrogen) atoms. The number of rotatable bonds is 5. The lowest BCUT2D eigenvalue weighted by atomic mass is 9.95. The van der Waals surface area contributed by atoms with E-state index in [0.29, 0.717) is 27.5 Å². The average Bonchev–Trinajstić information content (AvgIpc) is 2.71. The van der Waals surface area contributed by atoms with E-state index in [2.05, 4.69) is 9.69 Å². The topological polar surface area (TPSA) is 121 Å². The highest BCUT2D eigenvalue weighted by molar-refractivity contribution is 6.33. The van der Waals surface area contributed by atoms with E-state index >= 15 is 0 Å². The van der Waals surface area contributed by atoms with Crippen LogP contribution in [0.4, 0.5) is 11.4 Å². The number of nitrogens with one attached hydrogen (secondary N) is 1. The van der Waals surface area contributed by atoms with Gasteiger partial charge in [-0.05, 0) is 18.9 Å². The molecule has 150 valence electrons. The summed E-state index contributed by atoms with van der Waals surface area (Å²) in [6.07, 6.45) is -0.753. The molecular weight excluding hydrogens is 396 g/mol. The Kier molecular flexibility index (Phi) is 9.30. The van der Waals surface area contributed by atoms with E-state index in [9.17, 15) is 14.7 Å². The second-order valence-corrected chi connectivity index (χ2v) is 6.33. The van der Waals surface area contributed by atoms with Crippen LogP contribution in [-0.2, 0) is 11.2 Å². The fourth-order valence-corrected chi connectivity index (χ4v) is 2.50. The molecular formula is C20H19ClN4O4. The van der Waals surface area contributed by atoms with Gasteiger partial charge in [0.2, 0.25) is 5.69 Å². The molecule has 0 heterocycles. The van der Waals surface area contributed by atoms with Gasteiger partial charge in [-0.25, -0.2) is 15.5 Å². The Morgan fingerprint density at radius 2 is 1.79 bits per heavy atom. The van der Waals surface area contributed by atoms with E-state index in [1.165, 1.54) is 6.92 Å². The number of hydrogen-bond acceptors (Lipinski definition) is 4. The molecule has 0 fully saturated rings. The lowest BCUT2D eigenvalue weighted by molar-refractivity contribution is -0.145. The summed E-state index contributed by atoms with van der Waals surface area (Å²) >= 11 is 5.85. The number of nitrogens with two attached hydrogens (primary N) is 1. The van der Waals surface area contributed by atoms with Gasteiger partial charge in [0.05, 0.1) is 25.2 Å². The van der Waals surface area contributed by atoms with E-state index in [4.69, 9.17) is 35.7 Å². The summed E-state index contributed by atoms with van der Waals surface area (Å²) in [7, 11) is 0. The van der Waals surface area contributed by atoms with Gasteiger partial charge in [0.1, 0.15) is 0 Å². The van der Waals surface area contributed by atoms with Crippen LogP contribution in [0.3, 0.4) is 0 Å². The van der Waals surface area contributed by atoms with Crippen LogP contribution in [0.1, 0.15) is 22.8 Å². The van der Waals surface area contributed by atoms with Crippen LogP contribution in [0.2, 0.25) is 5.02 Å². The maximum atomic E-state index is 10.9. The Hall–Kier alpha value is -3.43. The van der Waals surface area contributed by atoms with E-state index in [1.807, 2.05) is 5.43 Å². The van der Waals surface area contributed by atoms with E-state index in [1.54, 1.807) is 42.5 Å². The van der Waals surface area contributed by atoms with Crippen molar-refractivity contribution in [2.24, 2.45) is 11.8 Å². The molecule has 0 saturated heterocycles. The quantitative estimate of drug-likeness (QED) is 0.259. The molecule has 1 amide bonds. The maximum absolute atomic E-state index is 10.9. The van der Waals surface area contributed by atoms with Crippen molar-refractivity contribution in [2.75, 3.05) is 0 Å². The van der Waals surface area contributed by atoms with Crippen molar-refractivity contribution in [1.29, 1.82) is 0 Å². The van der Waals surface area contributed by atoms with Gasteiger partial charge < -0.3 is 10.2 Å². The zero-order valence-electron chi connectivity index (χ0n) is 15.5. The number of carbonyl (C=O) groups excluding carboxylic acids is 1. The second kappa shape index (κ2) is 11.4. The minimum Gasteiger partial charge on any atom is -0.481 e. The number of carboxylic acids is 1. The number of hydrazine groups is 1. The SMILES string of the molecule is [C-]#[N+]c1ccc(C(=O)NN)cc1.[C-]#[N+]c1ccc(C[C@@H](C(=O)O)[C@H](C)O)cc1Cl. The molecule has 9 heteroatoms. The second-order valence-electron chi connectivity index (χ2n) is 5.92. The fourth-order valence-electron chi connectivity index (χ4n) is 2.26. The van der Waals surface area contributed by atoms with Crippen molar-refractivity contribution in [3.8, 4) is 0 Å². The summed E-state index contributed by atoms with van der Waals surface area (Å²) in [5.74, 6) is 2.64. The first-order chi connectivity index (χ1) is 13.7. The first-order valence-corrected chi connectivity index (χ1v) is 8.66. The first kappa shape index (κ1) is 23.6. The number of aliphatic carboxylic acids is 1. The van der Waals surface area contributed by atoms with Crippen LogP contribution >= 0.6 is 11.6 Å². The summed E-state index contributed by atoms with van der Waals surface area (Å²) < 4.78 is 0. The zero-order valence-corrected chi connectivity index (χ0v) is 16.2. The molecule has 0 aliphatic carbocycles. The third kappa shape index (κ3) is 7.24. The molecule has 2 atom stereocenters. The van der Waals surface area contributed by atoms with Gasteiger partial charge >= 0.3 is 5.97 Å². The van der Waals surface area contributed by atoms with Crippen molar-refractivity contribution in [3.63, 3.8) is 0 Å². The smallest absolute Gasteiger partial charge is 0.309 e. The Morgan fingerprint density at radius 1 is 1.17 bits per heavy atom. The predicted octanol–water partition coefficient (Wildman–Crippen LogP) is 3.36. The van der Waals surface area contributed by atoms with Crippen LogP contribution in [-0.4, -0.2) is 28.2 Å². The molecule has 0 aliphatic rings. The molecule has 0 aliphatic heterocycles.